The molecule has 5 rings (SSSR count). The van der Waals surface area contributed by atoms with Crippen molar-refractivity contribution in [2.24, 2.45) is 0 Å². The highest BCUT2D eigenvalue weighted by molar-refractivity contribution is 5.84. The van der Waals surface area contributed by atoms with Crippen LogP contribution in [0.5, 0.6) is 0 Å². The van der Waals surface area contributed by atoms with Crippen LogP contribution in [0.15, 0.2) is 54.7 Å². The maximum Gasteiger partial charge on any atom is 0.407 e. The van der Waals surface area contributed by atoms with Crippen LogP contribution in [0.25, 0.3) is 11.1 Å². The van der Waals surface area contributed by atoms with Gasteiger partial charge >= 0.3 is 12.1 Å². The van der Waals surface area contributed by atoms with E-state index in [0.29, 0.717) is 25.1 Å². The second-order valence-corrected chi connectivity index (χ2v) is 8.67. The lowest BCUT2D eigenvalue weighted by Crippen LogP contribution is -2.42. The fourth-order valence-corrected chi connectivity index (χ4v) is 4.86. The molecule has 10 nitrogen and oxygen atoms in total. The van der Waals surface area contributed by atoms with E-state index in [0.717, 1.165) is 22.3 Å². The Morgan fingerprint density at radius 1 is 1.06 bits per heavy atom. The molecule has 2 heterocycles. The summed E-state index contributed by atoms with van der Waals surface area (Å²) in [4.78, 5) is 37.5. The molecule has 1 aromatic heterocycles. The number of carboxylic acids is 1. The Bertz CT molecular complexity index is 1230. The zero-order valence-electron chi connectivity index (χ0n) is 19.0. The summed E-state index contributed by atoms with van der Waals surface area (Å²) in [6.07, 6.45) is 2.09. The van der Waals surface area contributed by atoms with Crippen molar-refractivity contribution in [3.63, 3.8) is 0 Å². The van der Waals surface area contributed by atoms with Crippen LogP contribution < -0.4 is 5.32 Å². The molecule has 2 aromatic carbocycles. The average Bonchev–Trinajstić information content (AvgIpc) is 3.59. The van der Waals surface area contributed by atoms with Crippen LogP contribution in [0.1, 0.15) is 35.6 Å². The number of nitrogens with zero attached hydrogens (tertiary/aromatic N) is 4. The van der Waals surface area contributed by atoms with E-state index < -0.39 is 18.1 Å². The first kappa shape index (κ1) is 22.6. The first-order valence-electron chi connectivity index (χ1n) is 11.5. The average molecular weight is 476 g/mol. The van der Waals surface area contributed by atoms with Gasteiger partial charge in [0, 0.05) is 12.5 Å². The van der Waals surface area contributed by atoms with E-state index in [-0.39, 0.29) is 31.5 Å². The van der Waals surface area contributed by atoms with Gasteiger partial charge in [-0.05, 0) is 35.1 Å². The number of ether oxygens (including phenoxy) is 1. The molecule has 2 amide bonds. The number of carbonyl (C=O) groups is 3. The smallest absolute Gasteiger partial charge is 0.407 e. The predicted octanol–water partition coefficient (Wildman–Crippen LogP) is 2.39. The molecule has 0 bridgehead atoms. The molecular weight excluding hydrogens is 450 g/mol. The van der Waals surface area contributed by atoms with Crippen LogP contribution in [0.2, 0.25) is 0 Å². The Morgan fingerprint density at radius 2 is 1.74 bits per heavy atom. The van der Waals surface area contributed by atoms with Gasteiger partial charge in [-0.1, -0.05) is 53.7 Å². The van der Waals surface area contributed by atoms with Gasteiger partial charge in [0.05, 0.1) is 12.7 Å². The second kappa shape index (κ2) is 9.57. The summed E-state index contributed by atoms with van der Waals surface area (Å²) in [6, 6.07) is 15.4. The van der Waals surface area contributed by atoms with E-state index >= 15 is 0 Å². The van der Waals surface area contributed by atoms with E-state index in [9.17, 15) is 19.5 Å². The van der Waals surface area contributed by atoms with Gasteiger partial charge in [0.2, 0.25) is 5.91 Å². The van der Waals surface area contributed by atoms with E-state index in [1.54, 1.807) is 6.20 Å². The van der Waals surface area contributed by atoms with Crippen molar-refractivity contribution in [1.29, 1.82) is 0 Å². The molecule has 0 radical (unpaired) electrons. The monoisotopic (exact) mass is 475 g/mol. The molecule has 2 aliphatic rings. The van der Waals surface area contributed by atoms with Gasteiger partial charge in [-0.25, -0.2) is 14.3 Å². The Morgan fingerprint density at radius 3 is 2.43 bits per heavy atom. The normalized spacial score (nSPS) is 16.6. The Labute approximate surface area is 201 Å². The molecule has 0 unspecified atom stereocenters. The first-order chi connectivity index (χ1) is 17.0. The number of likely N-dealkylation sites (tertiary alicyclic amines) is 1. The molecule has 2 N–H and O–H groups in total. The summed E-state index contributed by atoms with van der Waals surface area (Å²) in [5.74, 6) is -1.35. The number of fused-ring (bicyclic) bond motifs is 3. The number of aromatic nitrogens is 3. The molecule has 1 aliphatic heterocycles. The fraction of sp³-hybridized carbons (Fsp3) is 0.320. The maximum absolute atomic E-state index is 12.5. The Hall–Kier alpha value is -4.21. The molecule has 3 aromatic rings. The molecule has 0 spiro atoms. The highest BCUT2D eigenvalue weighted by Gasteiger charge is 2.34. The van der Waals surface area contributed by atoms with Crippen LogP contribution >= 0.6 is 0 Å². The number of amides is 2. The van der Waals surface area contributed by atoms with Crippen LogP contribution in [0.3, 0.4) is 0 Å². The Kier molecular flexibility index (Phi) is 6.17. The third-order valence-electron chi connectivity index (χ3n) is 6.50. The van der Waals surface area contributed by atoms with Gasteiger partial charge in [-0.2, -0.15) is 0 Å². The molecule has 10 heteroatoms. The SMILES string of the molecule is O=C(NCc1cn(CC(=O)N2CCC[C@H]2C(=O)O)nn1)OCC1c2ccccc2-c2ccccc21. The van der Waals surface area contributed by atoms with Gasteiger partial charge < -0.3 is 20.1 Å². The third kappa shape index (κ3) is 4.59. The number of rotatable bonds is 7. The van der Waals surface area contributed by atoms with Crippen molar-refractivity contribution >= 4 is 18.0 Å². The van der Waals surface area contributed by atoms with Crippen molar-refractivity contribution in [3.05, 3.63) is 71.5 Å². The van der Waals surface area contributed by atoms with E-state index in [1.165, 1.54) is 9.58 Å². The maximum atomic E-state index is 12.5. The summed E-state index contributed by atoms with van der Waals surface area (Å²) >= 11 is 0. The predicted molar refractivity (Wildman–Crippen MR) is 124 cm³/mol. The molecular formula is C25H25N5O5. The second-order valence-electron chi connectivity index (χ2n) is 8.67. The number of carboxylic acid groups (broad SMARTS) is 1. The molecule has 180 valence electrons. The first-order valence-corrected chi connectivity index (χ1v) is 11.5. The van der Waals surface area contributed by atoms with Crippen molar-refractivity contribution in [1.82, 2.24) is 25.2 Å². The lowest BCUT2D eigenvalue weighted by Gasteiger charge is -2.21. The summed E-state index contributed by atoms with van der Waals surface area (Å²) in [7, 11) is 0. The largest absolute Gasteiger partial charge is 0.480 e. The standard InChI is InChI=1S/C25H25N5O5/c31-23(30-11-5-10-22(30)24(32)33)14-29-13-16(27-28-29)12-26-25(34)35-15-21-19-8-3-1-6-17(19)18-7-2-4-9-20(18)21/h1-4,6-9,13,21-22H,5,10-12,14-15H2,(H,26,34)(H,32,33)/t22-/m0/s1. The van der Waals surface area contributed by atoms with Gasteiger partial charge in [-0.15, -0.1) is 5.10 Å². The van der Waals surface area contributed by atoms with Crippen LogP contribution in [0.4, 0.5) is 4.79 Å². The molecule has 1 atom stereocenters. The van der Waals surface area contributed by atoms with Crippen molar-refractivity contribution in [3.8, 4) is 11.1 Å². The lowest BCUT2D eigenvalue weighted by molar-refractivity contribution is -0.148. The van der Waals surface area contributed by atoms with Crippen molar-refractivity contribution in [2.75, 3.05) is 13.2 Å². The fourth-order valence-electron chi connectivity index (χ4n) is 4.86. The summed E-state index contributed by atoms with van der Waals surface area (Å²) in [5.41, 5.74) is 5.05. The number of aliphatic carboxylic acids is 1. The minimum absolute atomic E-state index is 0.0275. The number of hydrogen-bond acceptors (Lipinski definition) is 6. The summed E-state index contributed by atoms with van der Waals surface area (Å²) in [6.45, 7) is 0.608. The Balaban J connectivity index is 1.13. The number of carbonyl (C=O) groups excluding carboxylic acids is 2. The minimum atomic E-state index is -0.998. The lowest BCUT2D eigenvalue weighted by atomic mass is 9.98. The molecule has 1 fully saturated rings. The van der Waals surface area contributed by atoms with Crippen molar-refractivity contribution < 1.29 is 24.2 Å². The summed E-state index contributed by atoms with van der Waals surface area (Å²) < 4.78 is 6.85. The molecule has 1 saturated heterocycles. The summed E-state index contributed by atoms with van der Waals surface area (Å²) in [5, 5.41) is 19.8. The molecule has 0 saturated carbocycles. The van der Waals surface area contributed by atoms with Gasteiger partial charge in [0.15, 0.2) is 0 Å². The highest BCUT2D eigenvalue weighted by Crippen LogP contribution is 2.44. The number of alkyl carbamates (subject to hydrolysis) is 1. The molecule has 1 aliphatic carbocycles. The van der Waals surface area contributed by atoms with E-state index in [2.05, 4.69) is 39.9 Å². The van der Waals surface area contributed by atoms with E-state index in [4.69, 9.17) is 4.74 Å². The zero-order chi connectivity index (χ0) is 24.4. The zero-order valence-corrected chi connectivity index (χ0v) is 19.0. The number of benzene rings is 2. The van der Waals surface area contributed by atoms with E-state index in [1.807, 2.05) is 24.3 Å². The van der Waals surface area contributed by atoms with Gasteiger partial charge in [0.1, 0.15) is 24.9 Å². The highest BCUT2D eigenvalue weighted by atomic mass is 16.5. The van der Waals surface area contributed by atoms with Gasteiger partial charge in [0.25, 0.3) is 0 Å². The third-order valence-corrected chi connectivity index (χ3v) is 6.50. The quantitative estimate of drug-likeness (QED) is 0.537. The number of hydrogen-bond donors (Lipinski definition) is 2. The topological polar surface area (TPSA) is 127 Å². The molecule has 35 heavy (non-hydrogen) atoms. The van der Waals surface area contributed by atoms with Crippen LogP contribution in [-0.4, -0.2) is 62.2 Å². The van der Waals surface area contributed by atoms with Crippen molar-refractivity contribution in [2.45, 2.75) is 37.9 Å². The number of nitrogens with one attached hydrogen (secondary N) is 1. The minimum Gasteiger partial charge on any atom is -0.480 e. The van der Waals surface area contributed by atoms with Crippen LogP contribution in [0, 0.1) is 0 Å². The van der Waals surface area contributed by atoms with Gasteiger partial charge in [-0.3, -0.25) is 4.79 Å². The van der Waals surface area contributed by atoms with Crippen LogP contribution in [-0.2, 0) is 27.4 Å².